The van der Waals surface area contributed by atoms with E-state index in [0.29, 0.717) is 19.3 Å². The smallest absolute Gasteiger partial charge is 0.308 e. The van der Waals surface area contributed by atoms with Gasteiger partial charge >= 0.3 is 11.9 Å². The number of carbonyl (C=O) groups excluding carboxylic acids is 1. The monoisotopic (exact) mass is 504 g/mol. The van der Waals surface area contributed by atoms with Crippen LogP contribution in [0.3, 0.4) is 0 Å². The van der Waals surface area contributed by atoms with Crippen molar-refractivity contribution in [1.29, 1.82) is 0 Å². The van der Waals surface area contributed by atoms with Crippen LogP contribution in [0.25, 0.3) is 0 Å². The zero-order chi connectivity index (χ0) is 26.2. The number of aliphatic hydroxyl groups excluding tert-OH is 3. The van der Waals surface area contributed by atoms with Crippen LogP contribution in [0.1, 0.15) is 111 Å². The van der Waals surface area contributed by atoms with Gasteiger partial charge in [-0.05, 0) is 19.8 Å². The summed E-state index contributed by atoms with van der Waals surface area (Å²) in [6.07, 6.45) is 4.20. The van der Waals surface area contributed by atoms with Crippen molar-refractivity contribution in [2.75, 3.05) is 0 Å². The van der Waals surface area contributed by atoms with E-state index in [0.717, 1.165) is 25.7 Å². The molecule has 4 N–H and O–H groups in total. The fourth-order valence-corrected chi connectivity index (χ4v) is 4.36. The highest BCUT2D eigenvalue weighted by Crippen LogP contribution is 2.25. The predicted octanol–water partition coefficient (Wildman–Crippen LogP) is 3.70. The number of rotatable bonds is 19. The highest BCUT2D eigenvalue weighted by Gasteiger charge is 2.43. The highest BCUT2D eigenvalue weighted by molar-refractivity contribution is 5.72. The van der Waals surface area contributed by atoms with Gasteiger partial charge in [-0.3, -0.25) is 9.59 Å². The van der Waals surface area contributed by atoms with Gasteiger partial charge in [-0.2, -0.15) is 0 Å². The Labute approximate surface area is 210 Å². The molecule has 0 aliphatic carbocycles. The molecule has 9 heteroatoms. The van der Waals surface area contributed by atoms with Gasteiger partial charge in [0.1, 0.15) is 24.4 Å². The average Bonchev–Trinajstić information content (AvgIpc) is 2.79. The zero-order valence-corrected chi connectivity index (χ0v) is 21.8. The zero-order valence-electron chi connectivity index (χ0n) is 21.8. The van der Waals surface area contributed by atoms with Crippen molar-refractivity contribution in [3.05, 3.63) is 0 Å². The van der Waals surface area contributed by atoms with E-state index in [4.69, 9.17) is 19.3 Å². The summed E-state index contributed by atoms with van der Waals surface area (Å²) in [5.41, 5.74) is 0. The van der Waals surface area contributed by atoms with E-state index in [1.54, 1.807) is 6.92 Å². The molecule has 0 spiro atoms. The van der Waals surface area contributed by atoms with Gasteiger partial charge in [0.25, 0.3) is 0 Å². The largest absolute Gasteiger partial charge is 0.481 e. The van der Waals surface area contributed by atoms with E-state index >= 15 is 0 Å². The summed E-state index contributed by atoms with van der Waals surface area (Å²) in [6, 6.07) is 0. The van der Waals surface area contributed by atoms with Crippen LogP contribution in [-0.2, 0) is 23.8 Å². The number of ether oxygens (including phenoxy) is 3. The molecule has 206 valence electrons. The third kappa shape index (κ3) is 13.0. The predicted molar refractivity (Wildman–Crippen MR) is 131 cm³/mol. The van der Waals surface area contributed by atoms with E-state index in [-0.39, 0.29) is 12.8 Å². The lowest BCUT2D eigenvalue weighted by molar-refractivity contribution is -0.304. The highest BCUT2D eigenvalue weighted by atomic mass is 16.7. The summed E-state index contributed by atoms with van der Waals surface area (Å²) in [4.78, 5) is 23.7. The maximum absolute atomic E-state index is 12.6. The maximum Gasteiger partial charge on any atom is 0.308 e. The lowest BCUT2D eigenvalue weighted by atomic mass is 9.99. The van der Waals surface area contributed by atoms with E-state index in [2.05, 4.69) is 6.92 Å². The third-order valence-electron chi connectivity index (χ3n) is 6.47. The second-order valence-electron chi connectivity index (χ2n) is 9.76. The first-order chi connectivity index (χ1) is 16.7. The number of hydrogen-bond acceptors (Lipinski definition) is 8. The normalized spacial score (nSPS) is 26.3. The van der Waals surface area contributed by atoms with E-state index in [9.17, 15) is 24.9 Å². The van der Waals surface area contributed by atoms with Gasteiger partial charge in [-0.25, -0.2) is 0 Å². The number of unbranched alkanes of at least 4 members (excludes halogenated alkanes) is 8. The van der Waals surface area contributed by atoms with Crippen LogP contribution < -0.4 is 0 Å². The van der Waals surface area contributed by atoms with E-state index in [1.165, 1.54) is 32.1 Å². The van der Waals surface area contributed by atoms with E-state index < -0.39 is 54.9 Å². The summed E-state index contributed by atoms with van der Waals surface area (Å²) >= 11 is 0. The molecule has 1 saturated heterocycles. The Bertz CT molecular complexity index is 585. The first-order valence-corrected chi connectivity index (χ1v) is 13.5. The van der Waals surface area contributed by atoms with Crippen molar-refractivity contribution in [1.82, 2.24) is 0 Å². The van der Waals surface area contributed by atoms with Crippen LogP contribution in [0.5, 0.6) is 0 Å². The molecule has 0 saturated carbocycles. The number of aliphatic carboxylic acids is 1. The molecule has 0 radical (unpaired) electrons. The first-order valence-electron chi connectivity index (χ1n) is 13.5. The molecule has 1 aliphatic rings. The molecule has 35 heavy (non-hydrogen) atoms. The van der Waals surface area contributed by atoms with Crippen molar-refractivity contribution in [3.63, 3.8) is 0 Å². The molecule has 0 bridgehead atoms. The minimum Gasteiger partial charge on any atom is -0.481 e. The van der Waals surface area contributed by atoms with Crippen molar-refractivity contribution in [2.45, 2.75) is 154 Å². The molecule has 2 unspecified atom stereocenters. The van der Waals surface area contributed by atoms with Crippen molar-refractivity contribution >= 4 is 11.9 Å². The molecule has 0 aromatic heterocycles. The Morgan fingerprint density at radius 3 is 1.94 bits per heavy atom. The van der Waals surface area contributed by atoms with E-state index in [1.807, 2.05) is 6.92 Å². The molecular formula is C26H48O9. The van der Waals surface area contributed by atoms with Crippen LogP contribution >= 0.6 is 0 Å². The summed E-state index contributed by atoms with van der Waals surface area (Å²) in [6.45, 7) is 5.66. The standard InChI is InChI=1S/C26H48O9/c1-4-6-7-8-9-10-11-12-13-15-20(17-22(29)34-19(14-5-2)16-21(27)28)35-26-25(32)24(31)23(30)18(3)33-26/h18-20,23-26,30-32H,4-17H2,1-3H3,(H,27,28)/t18?,19-,20-,23+,24+,25?,26+/m1/s1. The maximum atomic E-state index is 12.6. The van der Waals surface area contributed by atoms with Gasteiger partial charge in [-0.1, -0.05) is 78.1 Å². The van der Waals surface area contributed by atoms with Crippen molar-refractivity contribution in [2.24, 2.45) is 0 Å². The molecule has 9 nitrogen and oxygen atoms in total. The molecule has 1 aliphatic heterocycles. The number of carboxylic acids is 1. The van der Waals surface area contributed by atoms with Crippen molar-refractivity contribution < 1.29 is 44.2 Å². The Hall–Kier alpha value is -1.26. The molecule has 0 aromatic rings. The molecule has 0 aromatic carbocycles. The molecule has 1 heterocycles. The van der Waals surface area contributed by atoms with Crippen LogP contribution in [0, 0.1) is 0 Å². The lowest BCUT2D eigenvalue weighted by Crippen LogP contribution is -2.58. The number of carboxylic acid groups (broad SMARTS) is 1. The quantitative estimate of drug-likeness (QED) is 0.153. The van der Waals surface area contributed by atoms with Gasteiger partial charge in [-0.15, -0.1) is 0 Å². The summed E-state index contributed by atoms with van der Waals surface area (Å²) in [5, 5.41) is 39.4. The Morgan fingerprint density at radius 1 is 0.771 bits per heavy atom. The summed E-state index contributed by atoms with van der Waals surface area (Å²) in [5.74, 6) is -1.59. The van der Waals surface area contributed by atoms with Gasteiger partial charge in [0, 0.05) is 0 Å². The van der Waals surface area contributed by atoms with Gasteiger partial charge in [0.05, 0.1) is 25.0 Å². The Morgan fingerprint density at radius 2 is 1.37 bits per heavy atom. The number of carbonyl (C=O) groups is 2. The molecule has 1 rings (SSSR count). The number of hydrogen-bond donors (Lipinski definition) is 4. The van der Waals surface area contributed by atoms with Gasteiger partial charge in [0.2, 0.25) is 0 Å². The third-order valence-corrected chi connectivity index (χ3v) is 6.47. The number of esters is 1. The van der Waals surface area contributed by atoms with Crippen LogP contribution in [0.2, 0.25) is 0 Å². The fourth-order valence-electron chi connectivity index (χ4n) is 4.36. The van der Waals surface area contributed by atoms with Crippen molar-refractivity contribution in [3.8, 4) is 0 Å². The Balaban J connectivity index is 2.63. The first kappa shape index (κ1) is 31.8. The summed E-state index contributed by atoms with van der Waals surface area (Å²) in [7, 11) is 0. The molecule has 0 amide bonds. The lowest BCUT2D eigenvalue weighted by Gasteiger charge is -2.40. The minimum absolute atomic E-state index is 0.115. The molecular weight excluding hydrogens is 456 g/mol. The topological polar surface area (TPSA) is 143 Å². The second kappa shape index (κ2) is 18.1. The van der Waals surface area contributed by atoms with Crippen LogP contribution in [-0.4, -0.2) is 75.3 Å². The van der Waals surface area contributed by atoms with Gasteiger partial charge in [0.15, 0.2) is 6.29 Å². The Kier molecular flexibility index (Phi) is 16.4. The SMILES string of the molecule is CCCCCCCCCCC[C@H](CC(=O)O[C@H](CCC)CC(=O)O)O[C@@H]1OC(C)[C@H](O)[C@H](O)C1O. The van der Waals surface area contributed by atoms with Crippen LogP contribution in [0.4, 0.5) is 0 Å². The van der Waals surface area contributed by atoms with Gasteiger partial charge < -0.3 is 34.6 Å². The molecule has 7 atom stereocenters. The second-order valence-corrected chi connectivity index (χ2v) is 9.76. The summed E-state index contributed by atoms with van der Waals surface area (Å²) < 4.78 is 16.8. The minimum atomic E-state index is -1.46. The fraction of sp³-hybridized carbons (Fsp3) is 0.923. The molecule has 1 fully saturated rings. The number of aliphatic hydroxyl groups is 3. The average molecular weight is 505 g/mol. The van der Waals surface area contributed by atoms with Crippen LogP contribution in [0.15, 0.2) is 0 Å².